The summed E-state index contributed by atoms with van der Waals surface area (Å²) in [4.78, 5) is 8.85. The lowest BCUT2D eigenvalue weighted by atomic mass is 10.3. The fourth-order valence-corrected chi connectivity index (χ4v) is 2.07. The van der Waals surface area contributed by atoms with Crippen LogP contribution in [0.15, 0.2) is 35.6 Å². The number of aryl methyl sites for hydroxylation is 1. The summed E-state index contributed by atoms with van der Waals surface area (Å²) < 4.78 is 7.37. The lowest BCUT2D eigenvalue weighted by Crippen LogP contribution is -2.37. The second-order valence-corrected chi connectivity index (χ2v) is 4.90. The van der Waals surface area contributed by atoms with E-state index >= 15 is 0 Å². The molecule has 0 aliphatic heterocycles. The number of hydrogen-bond donors (Lipinski definition) is 2. The Kier molecular flexibility index (Phi) is 6.40. The van der Waals surface area contributed by atoms with Crippen LogP contribution >= 0.6 is 0 Å². The summed E-state index contributed by atoms with van der Waals surface area (Å²) in [5.74, 6) is 1.39. The molecule has 124 valence electrons. The van der Waals surface area contributed by atoms with Gasteiger partial charge >= 0.3 is 0 Å². The van der Waals surface area contributed by atoms with Crippen molar-refractivity contribution in [3.8, 4) is 5.88 Å². The minimum Gasteiger partial charge on any atom is -0.478 e. The molecule has 0 aliphatic carbocycles. The molecule has 0 bridgehead atoms. The van der Waals surface area contributed by atoms with Crippen LogP contribution in [0.5, 0.6) is 5.88 Å². The van der Waals surface area contributed by atoms with E-state index in [0.29, 0.717) is 25.6 Å². The zero-order valence-corrected chi connectivity index (χ0v) is 13.9. The van der Waals surface area contributed by atoms with Crippen molar-refractivity contribution < 1.29 is 4.74 Å². The molecule has 2 N–H and O–H groups in total. The fourth-order valence-electron chi connectivity index (χ4n) is 2.07. The van der Waals surface area contributed by atoms with E-state index in [9.17, 15) is 0 Å². The Morgan fingerprint density at radius 2 is 2.13 bits per heavy atom. The van der Waals surface area contributed by atoms with Crippen LogP contribution in [-0.2, 0) is 20.1 Å². The number of rotatable bonds is 7. The molecule has 2 heterocycles. The van der Waals surface area contributed by atoms with E-state index in [0.717, 1.165) is 23.8 Å². The monoisotopic (exact) mass is 316 g/mol. The average molecular weight is 316 g/mol. The summed E-state index contributed by atoms with van der Waals surface area (Å²) in [6, 6.07) is 5.85. The maximum absolute atomic E-state index is 5.53. The molecule has 0 aliphatic rings. The molecule has 7 nitrogen and oxygen atoms in total. The van der Waals surface area contributed by atoms with E-state index in [-0.39, 0.29) is 0 Å². The molecule has 0 radical (unpaired) electrons. The highest BCUT2D eigenvalue weighted by atomic mass is 16.5. The van der Waals surface area contributed by atoms with E-state index in [2.05, 4.69) is 25.7 Å². The molecule has 0 atom stereocenters. The Hall–Kier alpha value is -2.57. The minimum atomic E-state index is 0.504. The third-order valence-corrected chi connectivity index (χ3v) is 3.24. The van der Waals surface area contributed by atoms with Crippen LogP contribution in [0.2, 0.25) is 0 Å². The van der Waals surface area contributed by atoms with Crippen LogP contribution in [0.25, 0.3) is 0 Å². The predicted octanol–water partition coefficient (Wildman–Crippen LogP) is 1.47. The summed E-state index contributed by atoms with van der Waals surface area (Å²) in [5.41, 5.74) is 2.05. The molecular formula is C16H24N6O. The molecule has 0 aromatic carbocycles. The van der Waals surface area contributed by atoms with Crippen molar-refractivity contribution in [1.29, 1.82) is 0 Å². The first-order chi connectivity index (χ1) is 11.2. The van der Waals surface area contributed by atoms with E-state index in [1.54, 1.807) is 12.4 Å². The first kappa shape index (κ1) is 16.8. The third kappa shape index (κ3) is 4.98. The van der Waals surface area contributed by atoms with Gasteiger partial charge in [0.1, 0.15) is 0 Å². The Morgan fingerprint density at radius 1 is 1.26 bits per heavy atom. The summed E-state index contributed by atoms with van der Waals surface area (Å²) >= 11 is 0. The highest BCUT2D eigenvalue weighted by molar-refractivity contribution is 5.79. The Labute approximate surface area is 136 Å². The standard InChI is InChI=1S/C16H24N6O/c1-4-17-16(20-12-14-8-10-21-22(14)3)19-11-13-7-6-9-18-15(13)23-5-2/h6-10H,4-5,11-12H2,1-3H3,(H2,17,19,20). The van der Waals surface area contributed by atoms with Crippen LogP contribution in [0.4, 0.5) is 0 Å². The molecular weight excluding hydrogens is 292 g/mol. The number of hydrogen-bond acceptors (Lipinski definition) is 4. The molecule has 7 heteroatoms. The number of aliphatic imine (C=N–C) groups is 1. The van der Waals surface area contributed by atoms with Crippen LogP contribution in [0.1, 0.15) is 25.1 Å². The zero-order chi connectivity index (χ0) is 16.5. The molecule has 2 rings (SSSR count). The van der Waals surface area contributed by atoms with Crippen LogP contribution < -0.4 is 15.4 Å². The van der Waals surface area contributed by atoms with Gasteiger partial charge in [-0.1, -0.05) is 6.07 Å². The van der Waals surface area contributed by atoms with Crippen molar-refractivity contribution in [3.05, 3.63) is 41.9 Å². The summed E-state index contributed by atoms with van der Waals surface area (Å²) in [6.07, 6.45) is 3.51. The van der Waals surface area contributed by atoms with Gasteiger partial charge in [0.2, 0.25) is 5.88 Å². The predicted molar refractivity (Wildman–Crippen MR) is 90.3 cm³/mol. The third-order valence-electron chi connectivity index (χ3n) is 3.24. The van der Waals surface area contributed by atoms with Gasteiger partial charge in [0.15, 0.2) is 5.96 Å². The van der Waals surface area contributed by atoms with E-state index in [4.69, 9.17) is 4.74 Å². The largest absolute Gasteiger partial charge is 0.478 e. The maximum atomic E-state index is 5.53. The van der Waals surface area contributed by atoms with Gasteiger partial charge in [-0.15, -0.1) is 0 Å². The number of ether oxygens (including phenoxy) is 1. The average Bonchev–Trinajstić information content (AvgIpc) is 2.97. The van der Waals surface area contributed by atoms with Gasteiger partial charge in [0.05, 0.1) is 25.4 Å². The summed E-state index contributed by atoms with van der Waals surface area (Å²) in [5, 5.41) is 10.7. The highest BCUT2D eigenvalue weighted by Crippen LogP contribution is 2.15. The van der Waals surface area contributed by atoms with Crippen molar-refractivity contribution in [3.63, 3.8) is 0 Å². The van der Waals surface area contributed by atoms with Crippen LogP contribution in [0, 0.1) is 0 Å². The molecule has 23 heavy (non-hydrogen) atoms. The minimum absolute atomic E-state index is 0.504. The summed E-state index contributed by atoms with van der Waals surface area (Å²) in [6.45, 7) is 6.53. The number of guanidine groups is 1. The SMILES string of the molecule is CCNC(=NCc1cccnc1OCC)NCc1ccnn1C. The van der Waals surface area contributed by atoms with Crippen molar-refractivity contribution in [1.82, 2.24) is 25.4 Å². The number of nitrogens with zero attached hydrogens (tertiary/aromatic N) is 4. The molecule has 0 spiro atoms. The normalized spacial score (nSPS) is 11.3. The van der Waals surface area contributed by atoms with Crippen LogP contribution in [0.3, 0.4) is 0 Å². The Morgan fingerprint density at radius 3 is 2.83 bits per heavy atom. The van der Waals surface area contributed by atoms with Crippen LogP contribution in [-0.4, -0.2) is 33.9 Å². The number of pyridine rings is 1. The molecule has 0 fully saturated rings. The molecule has 2 aromatic heterocycles. The number of aromatic nitrogens is 3. The van der Waals surface area contributed by atoms with Crippen molar-refractivity contribution in [2.45, 2.75) is 26.9 Å². The van der Waals surface area contributed by atoms with Gasteiger partial charge < -0.3 is 15.4 Å². The van der Waals surface area contributed by atoms with E-state index in [1.165, 1.54) is 0 Å². The summed E-state index contributed by atoms with van der Waals surface area (Å²) in [7, 11) is 1.92. The lowest BCUT2D eigenvalue weighted by Gasteiger charge is -2.12. The van der Waals surface area contributed by atoms with Gasteiger partial charge in [-0.2, -0.15) is 5.10 Å². The quantitative estimate of drug-likeness (QED) is 0.597. The molecule has 0 unspecified atom stereocenters. The van der Waals surface area contributed by atoms with Crippen molar-refractivity contribution in [2.24, 2.45) is 12.0 Å². The molecule has 2 aromatic rings. The smallest absolute Gasteiger partial charge is 0.218 e. The second-order valence-electron chi connectivity index (χ2n) is 4.90. The topological polar surface area (TPSA) is 76.4 Å². The second kappa shape index (κ2) is 8.77. The van der Waals surface area contributed by atoms with Gasteiger partial charge in [0, 0.05) is 31.5 Å². The van der Waals surface area contributed by atoms with Crippen molar-refractivity contribution in [2.75, 3.05) is 13.2 Å². The number of nitrogens with one attached hydrogen (secondary N) is 2. The Bertz CT molecular complexity index is 637. The van der Waals surface area contributed by atoms with Crippen molar-refractivity contribution >= 4 is 5.96 Å². The first-order valence-corrected chi connectivity index (χ1v) is 7.80. The van der Waals surface area contributed by atoms with E-state index in [1.807, 2.05) is 43.8 Å². The molecule has 0 saturated heterocycles. The maximum Gasteiger partial charge on any atom is 0.218 e. The zero-order valence-electron chi connectivity index (χ0n) is 13.9. The fraction of sp³-hybridized carbons (Fsp3) is 0.438. The van der Waals surface area contributed by atoms with Gasteiger partial charge in [-0.05, 0) is 26.0 Å². The first-order valence-electron chi connectivity index (χ1n) is 7.80. The highest BCUT2D eigenvalue weighted by Gasteiger charge is 2.05. The van der Waals surface area contributed by atoms with Gasteiger partial charge in [0.25, 0.3) is 0 Å². The van der Waals surface area contributed by atoms with Gasteiger partial charge in [-0.25, -0.2) is 9.98 Å². The lowest BCUT2D eigenvalue weighted by molar-refractivity contribution is 0.323. The van der Waals surface area contributed by atoms with E-state index < -0.39 is 0 Å². The Balaban J connectivity index is 2.02. The van der Waals surface area contributed by atoms with Gasteiger partial charge in [-0.3, -0.25) is 4.68 Å². The molecule has 0 amide bonds. The molecule has 0 saturated carbocycles.